The van der Waals surface area contributed by atoms with E-state index in [4.69, 9.17) is 11.6 Å². The van der Waals surface area contributed by atoms with E-state index in [0.717, 1.165) is 0 Å². The lowest BCUT2D eigenvalue weighted by molar-refractivity contribution is -0.144. The minimum Gasteiger partial charge on any atom is -0.299 e. The molecule has 1 aliphatic rings. The number of hydrogen-bond donors (Lipinski definition) is 0. The maximum Gasteiger partial charge on any atom is 0.169 e. The van der Waals surface area contributed by atoms with Crippen molar-refractivity contribution >= 4 is 29.0 Å². The zero-order valence-corrected chi connectivity index (χ0v) is 9.22. The third kappa shape index (κ3) is 1.73. The van der Waals surface area contributed by atoms with E-state index in [2.05, 4.69) is 0 Å². The molecule has 1 saturated carbocycles. The van der Waals surface area contributed by atoms with Gasteiger partial charge in [-0.05, 0) is 12.3 Å². The molecule has 0 heterocycles. The fourth-order valence-corrected chi connectivity index (χ4v) is 1.96. The van der Waals surface area contributed by atoms with Crippen LogP contribution in [0.2, 0.25) is 0 Å². The Morgan fingerprint density at radius 1 is 1.43 bits per heavy atom. The van der Waals surface area contributed by atoms with E-state index in [1.165, 1.54) is 6.92 Å². The second kappa shape index (κ2) is 3.46. The zero-order chi connectivity index (χ0) is 11.1. The summed E-state index contributed by atoms with van der Waals surface area (Å²) in [5.41, 5.74) is -0.540. The molecule has 0 unspecified atom stereocenters. The van der Waals surface area contributed by atoms with Gasteiger partial charge in [-0.25, -0.2) is 0 Å². The standard InChI is InChI=1S/C10H13ClO3/c1-5(12)7-6(13)4-10(2,3)9(11)8(7)14/h7,9H,4H2,1-3H3/t7-,9-/m1/s1. The van der Waals surface area contributed by atoms with Crippen molar-refractivity contribution < 1.29 is 14.4 Å². The lowest BCUT2D eigenvalue weighted by Gasteiger charge is -2.35. The van der Waals surface area contributed by atoms with Crippen molar-refractivity contribution in [1.82, 2.24) is 0 Å². The van der Waals surface area contributed by atoms with E-state index in [1.807, 2.05) is 0 Å². The Morgan fingerprint density at radius 2 is 1.93 bits per heavy atom. The number of halogens is 1. The van der Waals surface area contributed by atoms with Gasteiger partial charge < -0.3 is 0 Å². The van der Waals surface area contributed by atoms with Crippen LogP contribution in [0.25, 0.3) is 0 Å². The normalized spacial score (nSPS) is 31.7. The predicted molar refractivity (Wildman–Crippen MR) is 52.2 cm³/mol. The highest BCUT2D eigenvalue weighted by Crippen LogP contribution is 2.37. The predicted octanol–water partition coefficient (Wildman–Crippen LogP) is 1.37. The van der Waals surface area contributed by atoms with Gasteiger partial charge in [0, 0.05) is 6.42 Å². The number of rotatable bonds is 1. The van der Waals surface area contributed by atoms with Crippen LogP contribution in [0.1, 0.15) is 27.2 Å². The molecule has 2 atom stereocenters. The molecule has 0 aromatic heterocycles. The van der Waals surface area contributed by atoms with E-state index in [0.29, 0.717) is 0 Å². The largest absolute Gasteiger partial charge is 0.299 e. The van der Waals surface area contributed by atoms with E-state index in [1.54, 1.807) is 13.8 Å². The minimum atomic E-state index is -1.12. The van der Waals surface area contributed by atoms with Gasteiger partial charge in [0.05, 0.1) is 5.38 Å². The molecule has 1 aliphatic carbocycles. The summed E-state index contributed by atoms with van der Waals surface area (Å²) in [6.45, 7) is 4.77. The highest BCUT2D eigenvalue weighted by molar-refractivity contribution is 6.38. The average Bonchev–Trinajstić information content (AvgIpc) is 1.98. The molecule has 0 aromatic rings. The smallest absolute Gasteiger partial charge is 0.169 e. The summed E-state index contributed by atoms with van der Waals surface area (Å²) in [4.78, 5) is 34.2. The highest BCUT2D eigenvalue weighted by atomic mass is 35.5. The van der Waals surface area contributed by atoms with E-state index >= 15 is 0 Å². The van der Waals surface area contributed by atoms with E-state index < -0.39 is 28.3 Å². The van der Waals surface area contributed by atoms with Gasteiger partial charge in [0.15, 0.2) is 11.6 Å². The molecule has 3 nitrogen and oxygen atoms in total. The third-order valence-corrected chi connectivity index (χ3v) is 3.38. The van der Waals surface area contributed by atoms with Crippen molar-refractivity contribution in [2.24, 2.45) is 11.3 Å². The van der Waals surface area contributed by atoms with Gasteiger partial charge in [0.1, 0.15) is 11.7 Å². The maximum absolute atomic E-state index is 11.6. The van der Waals surface area contributed by atoms with E-state index in [-0.39, 0.29) is 12.2 Å². The van der Waals surface area contributed by atoms with Crippen LogP contribution in [0, 0.1) is 11.3 Å². The summed E-state index contributed by atoms with van der Waals surface area (Å²) in [5, 5.41) is -0.742. The lowest BCUT2D eigenvalue weighted by Crippen LogP contribution is -2.49. The molecule has 0 saturated heterocycles. The van der Waals surface area contributed by atoms with Crippen LogP contribution in [-0.4, -0.2) is 22.7 Å². The summed E-state index contributed by atoms with van der Waals surface area (Å²) < 4.78 is 0. The molecule has 0 spiro atoms. The summed E-state index contributed by atoms with van der Waals surface area (Å²) >= 11 is 5.91. The first-order chi connectivity index (χ1) is 6.27. The maximum atomic E-state index is 11.6. The Kier molecular flexibility index (Phi) is 2.81. The second-order valence-electron chi connectivity index (χ2n) is 4.44. The number of Topliss-reactive ketones (excluding diaryl/α,β-unsaturated/α-hetero) is 3. The molecule has 0 aromatic carbocycles. The lowest BCUT2D eigenvalue weighted by atomic mass is 9.70. The molecule has 0 aliphatic heterocycles. The first-order valence-corrected chi connectivity index (χ1v) is 4.92. The van der Waals surface area contributed by atoms with Crippen molar-refractivity contribution in [3.8, 4) is 0 Å². The molecule has 1 fully saturated rings. The van der Waals surface area contributed by atoms with Gasteiger partial charge in [0.25, 0.3) is 0 Å². The molecule has 78 valence electrons. The van der Waals surface area contributed by atoms with Crippen LogP contribution in [0.15, 0.2) is 0 Å². The van der Waals surface area contributed by atoms with Crippen LogP contribution in [0.3, 0.4) is 0 Å². The quantitative estimate of drug-likeness (QED) is 0.491. The molecule has 1 rings (SSSR count). The SMILES string of the molecule is CC(=O)[C@@H]1C(=O)CC(C)(C)[C@H](Cl)C1=O. The zero-order valence-electron chi connectivity index (χ0n) is 8.46. The Hall–Kier alpha value is -0.700. The van der Waals surface area contributed by atoms with Crippen molar-refractivity contribution in [1.29, 1.82) is 0 Å². The summed E-state index contributed by atoms with van der Waals surface area (Å²) in [5.74, 6) is -2.27. The van der Waals surface area contributed by atoms with Crippen LogP contribution < -0.4 is 0 Å². The monoisotopic (exact) mass is 216 g/mol. The first kappa shape index (κ1) is 11.4. The van der Waals surface area contributed by atoms with Crippen molar-refractivity contribution in [2.75, 3.05) is 0 Å². The van der Waals surface area contributed by atoms with Crippen LogP contribution in [0.5, 0.6) is 0 Å². The number of hydrogen-bond acceptors (Lipinski definition) is 3. The Bertz CT molecular complexity index is 306. The van der Waals surface area contributed by atoms with Crippen LogP contribution in [0.4, 0.5) is 0 Å². The van der Waals surface area contributed by atoms with Gasteiger partial charge >= 0.3 is 0 Å². The summed E-state index contributed by atoms with van der Waals surface area (Å²) in [6, 6.07) is 0. The molecule has 0 bridgehead atoms. The van der Waals surface area contributed by atoms with Crippen molar-refractivity contribution in [3.05, 3.63) is 0 Å². The number of carbonyl (C=O) groups excluding carboxylic acids is 3. The average molecular weight is 217 g/mol. The van der Waals surface area contributed by atoms with Crippen LogP contribution >= 0.6 is 11.6 Å². The molecular formula is C10H13ClO3. The minimum absolute atomic E-state index is 0.192. The van der Waals surface area contributed by atoms with Gasteiger partial charge in [-0.1, -0.05) is 13.8 Å². The summed E-state index contributed by atoms with van der Waals surface area (Å²) in [7, 11) is 0. The van der Waals surface area contributed by atoms with Gasteiger partial charge in [-0.3, -0.25) is 14.4 Å². The highest BCUT2D eigenvalue weighted by Gasteiger charge is 2.48. The van der Waals surface area contributed by atoms with Crippen LogP contribution in [-0.2, 0) is 14.4 Å². The van der Waals surface area contributed by atoms with Gasteiger partial charge in [-0.2, -0.15) is 0 Å². The topological polar surface area (TPSA) is 51.2 Å². The van der Waals surface area contributed by atoms with Crippen molar-refractivity contribution in [3.63, 3.8) is 0 Å². The number of ketones is 3. The van der Waals surface area contributed by atoms with Gasteiger partial charge in [-0.15, -0.1) is 11.6 Å². The molecule has 4 heteroatoms. The Morgan fingerprint density at radius 3 is 2.36 bits per heavy atom. The molecular weight excluding hydrogens is 204 g/mol. The number of carbonyl (C=O) groups is 3. The Balaban J connectivity index is 3.03. The summed E-state index contributed by atoms with van der Waals surface area (Å²) in [6.07, 6.45) is 0.192. The number of alkyl halides is 1. The van der Waals surface area contributed by atoms with E-state index in [9.17, 15) is 14.4 Å². The fraction of sp³-hybridized carbons (Fsp3) is 0.700. The molecule has 14 heavy (non-hydrogen) atoms. The first-order valence-electron chi connectivity index (χ1n) is 4.48. The fourth-order valence-electron chi connectivity index (χ4n) is 1.76. The molecule has 0 N–H and O–H groups in total. The molecule has 0 amide bonds. The van der Waals surface area contributed by atoms with Gasteiger partial charge in [0.2, 0.25) is 0 Å². The second-order valence-corrected chi connectivity index (χ2v) is 4.88. The Labute approximate surface area is 87.8 Å². The third-order valence-electron chi connectivity index (χ3n) is 2.58. The van der Waals surface area contributed by atoms with Crippen molar-refractivity contribution in [2.45, 2.75) is 32.6 Å². The molecule has 0 radical (unpaired) electrons.